The van der Waals surface area contributed by atoms with Crippen molar-refractivity contribution in [2.75, 3.05) is 45.2 Å². The van der Waals surface area contributed by atoms with Crippen molar-refractivity contribution in [2.24, 2.45) is 5.73 Å². The highest BCUT2D eigenvalue weighted by Gasteiger charge is 2.32. The summed E-state index contributed by atoms with van der Waals surface area (Å²) in [5, 5.41) is 0. The fourth-order valence-electron chi connectivity index (χ4n) is 4.29. The number of nitrogens with two attached hydrogens (primary N) is 1. The maximum absolute atomic E-state index is 12.8. The minimum absolute atomic E-state index is 0.0167. The number of hydrogen-bond donors (Lipinski definition) is 1. The number of carbonyl (C=O) groups excluding carboxylic acids is 3. The summed E-state index contributed by atoms with van der Waals surface area (Å²) in [4.78, 5) is 50.7. The molecular weight excluding hydrogens is 408 g/mol. The second-order valence-corrected chi connectivity index (χ2v) is 8.55. The first-order valence-electron chi connectivity index (χ1n) is 10.8. The van der Waals surface area contributed by atoms with Crippen LogP contribution >= 0.6 is 0 Å². The molecule has 32 heavy (non-hydrogen) atoms. The molecular formula is C23H28N6O3. The van der Waals surface area contributed by atoms with Gasteiger partial charge in [-0.1, -0.05) is 12.1 Å². The van der Waals surface area contributed by atoms with E-state index in [1.165, 1.54) is 0 Å². The zero-order valence-electron chi connectivity index (χ0n) is 18.5. The van der Waals surface area contributed by atoms with Crippen molar-refractivity contribution in [1.82, 2.24) is 19.8 Å². The standard InChI is InChI=1S/C23H28N6O3/c1-27(2)23-25-12-18(15-5-7-16(8-6-15)22(24)32)21(26-23)17-9-11-29(13-17)20(31)14-28-10-3-4-19(28)30/h5-8,12,17H,3-4,9-11,13-14H2,1-2H3,(H2,24,32)/t17-/m0/s1. The van der Waals surface area contributed by atoms with Crippen LogP contribution in [0.2, 0.25) is 0 Å². The van der Waals surface area contributed by atoms with Gasteiger partial charge in [-0.2, -0.15) is 0 Å². The molecule has 4 rings (SSSR count). The molecule has 1 aromatic carbocycles. The highest BCUT2D eigenvalue weighted by Crippen LogP contribution is 2.34. The van der Waals surface area contributed by atoms with Crippen LogP contribution < -0.4 is 10.6 Å². The van der Waals surface area contributed by atoms with Gasteiger partial charge in [0, 0.05) is 63.4 Å². The average molecular weight is 437 g/mol. The number of anilines is 1. The van der Waals surface area contributed by atoms with Crippen molar-refractivity contribution in [1.29, 1.82) is 0 Å². The zero-order valence-corrected chi connectivity index (χ0v) is 18.5. The van der Waals surface area contributed by atoms with Crippen LogP contribution in [0.1, 0.15) is 41.2 Å². The molecule has 0 radical (unpaired) electrons. The summed E-state index contributed by atoms with van der Waals surface area (Å²) in [5.74, 6) is 0.224. The van der Waals surface area contributed by atoms with Gasteiger partial charge in [-0.15, -0.1) is 0 Å². The minimum Gasteiger partial charge on any atom is -0.366 e. The number of nitrogens with zero attached hydrogens (tertiary/aromatic N) is 5. The molecule has 3 amide bonds. The van der Waals surface area contributed by atoms with E-state index < -0.39 is 5.91 Å². The van der Waals surface area contributed by atoms with Crippen molar-refractivity contribution in [2.45, 2.75) is 25.2 Å². The summed E-state index contributed by atoms with van der Waals surface area (Å²) in [6.45, 7) is 2.00. The molecule has 1 aromatic heterocycles. The summed E-state index contributed by atoms with van der Waals surface area (Å²) >= 11 is 0. The van der Waals surface area contributed by atoms with Crippen molar-refractivity contribution in [3.8, 4) is 11.1 Å². The number of primary amides is 1. The number of rotatable bonds is 6. The van der Waals surface area contributed by atoms with Crippen LogP contribution in [0.3, 0.4) is 0 Å². The molecule has 2 N–H and O–H groups in total. The molecule has 2 aliphatic heterocycles. The summed E-state index contributed by atoms with van der Waals surface area (Å²) in [7, 11) is 3.77. The lowest BCUT2D eigenvalue weighted by atomic mass is 9.95. The normalized spacial score (nSPS) is 18.3. The molecule has 0 saturated carbocycles. The van der Waals surface area contributed by atoms with Gasteiger partial charge in [-0.05, 0) is 30.5 Å². The maximum atomic E-state index is 12.8. The minimum atomic E-state index is -0.475. The van der Waals surface area contributed by atoms with Gasteiger partial charge in [0.25, 0.3) is 0 Å². The van der Waals surface area contributed by atoms with Crippen molar-refractivity contribution in [3.63, 3.8) is 0 Å². The Morgan fingerprint density at radius 2 is 1.94 bits per heavy atom. The lowest BCUT2D eigenvalue weighted by Gasteiger charge is -2.22. The first kappa shape index (κ1) is 21.7. The third kappa shape index (κ3) is 4.42. The Morgan fingerprint density at radius 1 is 1.19 bits per heavy atom. The topological polar surface area (TPSA) is 113 Å². The highest BCUT2D eigenvalue weighted by molar-refractivity contribution is 5.93. The van der Waals surface area contributed by atoms with E-state index in [-0.39, 0.29) is 24.3 Å². The van der Waals surface area contributed by atoms with Crippen molar-refractivity contribution >= 4 is 23.7 Å². The van der Waals surface area contributed by atoms with Crippen LogP contribution in [-0.2, 0) is 9.59 Å². The molecule has 0 unspecified atom stereocenters. The average Bonchev–Trinajstić information content (AvgIpc) is 3.43. The number of aromatic nitrogens is 2. The fraction of sp³-hybridized carbons (Fsp3) is 0.435. The smallest absolute Gasteiger partial charge is 0.248 e. The fourth-order valence-corrected chi connectivity index (χ4v) is 4.29. The first-order chi connectivity index (χ1) is 15.3. The van der Waals surface area contributed by atoms with Gasteiger partial charge in [-0.3, -0.25) is 14.4 Å². The molecule has 2 fully saturated rings. The Hall–Kier alpha value is -3.49. The van der Waals surface area contributed by atoms with Gasteiger partial charge in [0.1, 0.15) is 0 Å². The molecule has 168 valence electrons. The highest BCUT2D eigenvalue weighted by atomic mass is 16.2. The number of amides is 3. The van der Waals surface area contributed by atoms with E-state index in [0.717, 1.165) is 29.7 Å². The van der Waals surface area contributed by atoms with Crippen LogP contribution in [0.25, 0.3) is 11.1 Å². The van der Waals surface area contributed by atoms with Gasteiger partial charge >= 0.3 is 0 Å². The Bertz CT molecular complexity index is 1040. The van der Waals surface area contributed by atoms with Gasteiger partial charge in [-0.25, -0.2) is 9.97 Å². The molecule has 2 saturated heterocycles. The lowest BCUT2D eigenvalue weighted by molar-refractivity contribution is -0.137. The summed E-state index contributed by atoms with van der Waals surface area (Å²) < 4.78 is 0. The van der Waals surface area contributed by atoms with E-state index in [9.17, 15) is 14.4 Å². The Morgan fingerprint density at radius 3 is 2.56 bits per heavy atom. The number of likely N-dealkylation sites (tertiary alicyclic amines) is 2. The molecule has 1 atom stereocenters. The largest absolute Gasteiger partial charge is 0.366 e. The third-order valence-electron chi connectivity index (χ3n) is 6.11. The van der Waals surface area contributed by atoms with Crippen molar-refractivity contribution < 1.29 is 14.4 Å². The molecule has 0 bridgehead atoms. The predicted molar refractivity (Wildman–Crippen MR) is 120 cm³/mol. The molecule has 2 aromatic rings. The molecule has 0 aliphatic carbocycles. The van der Waals surface area contributed by atoms with Crippen LogP contribution in [0.4, 0.5) is 5.95 Å². The van der Waals surface area contributed by atoms with E-state index in [4.69, 9.17) is 10.7 Å². The van der Waals surface area contributed by atoms with Crippen molar-refractivity contribution in [3.05, 3.63) is 41.7 Å². The SMILES string of the molecule is CN(C)c1ncc(-c2ccc(C(N)=O)cc2)c([C@H]2CCN(C(=O)CN3CCCC3=O)C2)n1. The van der Waals surface area contributed by atoms with E-state index in [0.29, 0.717) is 37.6 Å². The molecule has 3 heterocycles. The van der Waals surface area contributed by atoms with E-state index >= 15 is 0 Å². The molecule has 9 heteroatoms. The van der Waals surface area contributed by atoms with Gasteiger partial charge < -0.3 is 20.4 Å². The van der Waals surface area contributed by atoms with Gasteiger partial charge in [0.15, 0.2) is 0 Å². The number of hydrogen-bond acceptors (Lipinski definition) is 6. The second kappa shape index (κ2) is 8.94. The van der Waals surface area contributed by atoms with Crippen LogP contribution in [0.15, 0.2) is 30.5 Å². The maximum Gasteiger partial charge on any atom is 0.248 e. The number of carbonyl (C=O) groups is 3. The summed E-state index contributed by atoms with van der Waals surface area (Å²) in [6.07, 6.45) is 3.93. The first-order valence-corrected chi connectivity index (χ1v) is 10.8. The summed E-state index contributed by atoms with van der Waals surface area (Å²) in [5.41, 5.74) is 8.45. The predicted octanol–water partition coefficient (Wildman–Crippen LogP) is 1.25. The third-order valence-corrected chi connectivity index (χ3v) is 6.11. The molecule has 0 spiro atoms. The molecule has 2 aliphatic rings. The van der Waals surface area contributed by atoms with Gasteiger partial charge in [0.2, 0.25) is 23.7 Å². The van der Waals surface area contributed by atoms with Gasteiger partial charge in [0.05, 0.1) is 12.2 Å². The zero-order chi connectivity index (χ0) is 22.8. The Balaban J connectivity index is 1.57. The van der Waals surface area contributed by atoms with E-state index in [1.807, 2.05) is 36.0 Å². The quantitative estimate of drug-likeness (QED) is 0.729. The second-order valence-electron chi connectivity index (χ2n) is 8.55. The molecule has 9 nitrogen and oxygen atoms in total. The summed E-state index contributed by atoms with van der Waals surface area (Å²) in [6, 6.07) is 7.07. The van der Waals surface area contributed by atoms with Crippen LogP contribution in [-0.4, -0.2) is 77.8 Å². The van der Waals surface area contributed by atoms with E-state index in [2.05, 4.69) is 4.98 Å². The van der Waals surface area contributed by atoms with Crippen LogP contribution in [0, 0.1) is 0 Å². The number of benzene rings is 1. The lowest BCUT2D eigenvalue weighted by Crippen LogP contribution is -2.39. The monoisotopic (exact) mass is 436 g/mol. The Kier molecular flexibility index (Phi) is 6.07. The Labute approximate surface area is 187 Å². The van der Waals surface area contributed by atoms with Crippen LogP contribution in [0.5, 0.6) is 0 Å². The van der Waals surface area contributed by atoms with E-state index in [1.54, 1.807) is 23.2 Å².